The third-order valence-corrected chi connectivity index (χ3v) is 2.90. The zero-order valence-electron chi connectivity index (χ0n) is 11.6. The molecule has 0 radical (unpaired) electrons. The summed E-state index contributed by atoms with van der Waals surface area (Å²) in [7, 11) is 0. The van der Waals surface area contributed by atoms with Crippen molar-refractivity contribution in [2.75, 3.05) is 11.1 Å². The number of amides is 1. The minimum atomic E-state index is -1.21. The number of hydrogen-bond acceptors (Lipinski definition) is 3. The fraction of sp³-hybridized carbons (Fsp3) is 0.0588. The first kappa shape index (κ1) is 15.0. The Morgan fingerprint density at radius 2 is 1.95 bits per heavy atom. The van der Waals surface area contributed by atoms with E-state index in [1.54, 1.807) is 12.1 Å². The molecular formula is C17H13N3O2. The standard InChI is InChI=1S/C17H13N3O2/c18-9-8-14-11-16(20-17(21)22)15(19)10-13(14)7-6-12-4-2-1-3-5-12/h1-5,10-11,20H,8,19H2,(H,21,22). The van der Waals surface area contributed by atoms with Crippen molar-refractivity contribution in [2.24, 2.45) is 0 Å². The molecule has 2 aromatic rings. The zero-order chi connectivity index (χ0) is 15.9. The van der Waals surface area contributed by atoms with Gasteiger partial charge in [0.1, 0.15) is 0 Å². The number of anilines is 2. The molecule has 4 N–H and O–H groups in total. The van der Waals surface area contributed by atoms with Crippen LogP contribution in [0.15, 0.2) is 42.5 Å². The van der Waals surface area contributed by atoms with E-state index in [1.807, 2.05) is 36.4 Å². The molecule has 0 atom stereocenters. The van der Waals surface area contributed by atoms with Gasteiger partial charge in [-0.05, 0) is 29.8 Å². The van der Waals surface area contributed by atoms with Crippen molar-refractivity contribution in [2.45, 2.75) is 6.42 Å². The van der Waals surface area contributed by atoms with Gasteiger partial charge in [-0.1, -0.05) is 30.0 Å². The number of nitrogens with two attached hydrogens (primary N) is 1. The van der Waals surface area contributed by atoms with Crippen LogP contribution in [-0.2, 0) is 6.42 Å². The Morgan fingerprint density at radius 1 is 1.23 bits per heavy atom. The number of nitrogens with zero attached hydrogens (tertiary/aromatic N) is 1. The van der Waals surface area contributed by atoms with Crippen LogP contribution in [0.25, 0.3) is 0 Å². The van der Waals surface area contributed by atoms with Gasteiger partial charge >= 0.3 is 6.09 Å². The van der Waals surface area contributed by atoms with Crippen molar-refractivity contribution >= 4 is 17.5 Å². The number of hydrogen-bond donors (Lipinski definition) is 3. The molecule has 5 heteroatoms. The van der Waals surface area contributed by atoms with Crippen LogP contribution in [-0.4, -0.2) is 11.2 Å². The van der Waals surface area contributed by atoms with E-state index in [-0.39, 0.29) is 17.8 Å². The third-order valence-electron chi connectivity index (χ3n) is 2.90. The normalized spacial score (nSPS) is 9.23. The van der Waals surface area contributed by atoms with E-state index in [0.717, 1.165) is 5.56 Å². The number of rotatable bonds is 2. The molecule has 0 unspecified atom stereocenters. The van der Waals surface area contributed by atoms with Crippen LogP contribution < -0.4 is 11.1 Å². The van der Waals surface area contributed by atoms with Gasteiger partial charge in [0.2, 0.25) is 0 Å². The molecule has 0 aliphatic heterocycles. The number of carbonyl (C=O) groups is 1. The maximum Gasteiger partial charge on any atom is 0.409 e. The van der Waals surface area contributed by atoms with Gasteiger partial charge in [0, 0.05) is 11.1 Å². The number of nitrogen functional groups attached to an aromatic ring is 1. The lowest BCUT2D eigenvalue weighted by Crippen LogP contribution is -2.10. The number of benzene rings is 2. The van der Waals surface area contributed by atoms with E-state index in [0.29, 0.717) is 11.1 Å². The second-order valence-electron chi connectivity index (χ2n) is 4.48. The number of carboxylic acid groups (broad SMARTS) is 1. The Morgan fingerprint density at radius 3 is 2.59 bits per heavy atom. The van der Waals surface area contributed by atoms with Crippen molar-refractivity contribution in [1.29, 1.82) is 5.26 Å². The molecule has 5 nitrogen and oxygen atoms in total. The van der Waals surface area contributed by atoms with Crippen LogP contribution in [0, 0.1) is 23.2 Å². The summed E-state index contributed by atoms with van der Waals surface area (Å²) in [5, 5.41) is 19.9. The topological polar surface area (TPSA) is 99.1 Å². The largest absolute Gasteiger partial charge is 0.465 e. The molecule has 0 aromatic heterocycles. The SMILES string of the molecule is N#CCc1cc(NC(=O)O)c(N)cc1C#Cc1ccccc1. The van der Waals surface area contributed by atoms with Gasteiger partial charge in [0.15, 0.2) is 0 Å². The molecule has 0 spiro atoms. The van der Waals surface area contributed by atoms with Crippen molar-refractivity contribution in [3.63, 3.8) is 0 Å². The number of nitriles is 1. The summed E-state index contributed by atoms with van der Waals surface area (Å²) in [6.07, 6.45) is -1.09. The summed E-state index contributed by atoms with van der Waals surface area (Å²) >= 11 is 0. The average Bonchev–Trinajstić information content (AvgIpc) is 2.49. The first-order valence-electron chi connectivity index (χ1n) is 6.46. The van der Waals surface area contributed by atoms with Gasteiger partial charge in [0.05, 0.1) is 23.9 Å². The molecule has 0 fully saturated rings. The molecule has 2 aromatic carbocycles. The van der Waals surface area contributed by atoms with Gasteiger partial charge in [-0.15, -0.1) is 0 Å². The van der Waals surface area contributed by atoms with Gasteiger partial charge < -0.3 is 10.8 Å². The fourth-order valence-corrected chi connectivity index (χ4v) is 1.89. The maximum absolute atomic E-state index is 10.7. The second-order valence-corrected chi connectivity index (χ2v) is 4.48. The van der Waals surface area contributed by atoms with Crippen LogP contribution in [0.1, 0.15) is 16.7 Å². The summed E-state index contributed by atoms with van der Waals surface area (Å²) in [6, 6.07) is 14.6. The van der Waals surface area contributed by atoms with Crippen molar-refractivity contribution in [3.05, 3.63) is 59.2 Å². The van der Waals surface area contributed by atoms with E-state index in [1.165, 1.54) is 0 Å². The molecule has 0 saturated carbocycles. The Kier molecular flexibility index (Phi) is 4.64. The lowest BCUT2D eigenvalue weighted by molar-refractivity contribution is 0.210. The van der Waals surface area contributed by atoms with E-state index in [2.05, 4.69) is 17.2 Å². The van der Waals surface area contributed by atoms with Crippen LogP contribution >= 0.6 is 0 Å². The quantitative estimate of drug-likeness (QED) is 0.585. The van der Waals surface area contributed by atoms with Gasteiger partial charge in [0.25, 0.3) is 0 Å². The monoisotopic (exact) mass is 291 g/mol. The van der Waals surface area contributed by atoms with E-state index >= 15 is 0 Å². The third kappa shape index (κ3) is 3.78. The Labute approximate surface area is 128 Å². The van der Waals surface area contributed by atoms with Gasteiger partial charge in [-0.2, -0.15) is 5.26 Å². The smallest absolute Gasteiger partial charge is 0.409 e. The summed E-state index contributed by atoms with van der Waals surface area (Å²) in [5.41, 5.74) is 8.43. The first-order chi connectivity index (χ1) is 10.6. The average molecular weight is 291 g/mol. The highest BCUT2D eigenvalue weighted by molar-refractivity contribution is 5.88. The summed E-state index contributed by atoms with van der Waals surface area (Å²) in [5.74, 6) is 5.97. The highest BCUT2D eigenvalue weighted by atomic mass is 16.4. The zero-order valence-corrected chi connectivity index (χ0v) is 11.6. The molecule has 0 heterocycles. The van der Waals surface area contributed by atoms with E-state index < -0.39 is 6.09 Å². The second kappa shape index (κ2) is 6.83. The molecule has 0 saturated heterocycles. The molecule has 0 bridgehead atoms. The van der Waals surface area contributed by atoms with E-state index in [9.17, 15) is 4.79 Å². The Hall–Kier alpha value is -3.44. The summed E-state index contributed by atoms with van der Waals surface area (Å²) < 4.78 is 0. The molecule has 0 aliphatic carbocycles. The summed E-state index contributed by atoms with van der Waals surface area (Å²) in [6.45, 7) is 0. The predicted molar refractivity (Wildman–Crippen MR) is 84.2 cm³/mol. The van der Waals surface area contributed by atoms with E-state index in [4.69, 9.17) is 16.1 Å². The molecule has 2 rings (SSSR count). The Balaban J connectivity index is 2.43. The molecule has 0 aliphatic rings. The first-order valence-corrected chi connectivity index (χ1v) is 6.46. The summed E-state index contributed by atoms with van der Waals surface area (Å²) in [4.78, 5) is 10.7. The van der Waals surface area contributed by atoms with Crippen LogP contribution in [0.4, 0.5) is 16.2 Å². The van der Waals surface area contributed by atoms with Crippen LogP contribution in [0.5, 0.6) is 0 Å². The minimum absolute atomic E-state index is 0.118. The van der Waals surface area contributed by atoms with Crippen molar-refractivity contribution in [1.82, 2.24) is 0 Å². The highest BCUT2D eigenvalue weighted by Crippen LogP contribution is 2.24. The van der Waals surface area contributed by atoms with Gasteiger partial charge in [-0.25, -0.2) is 4.79 Å². The molecule has 22 heavy (non-hydrogen) atoms. The number of nitrogens with one attached hydrogen (secondary N) is 1. The van der Waals surface area contributed by atoms with Gasteiger partial charge in [-0.3, -0.25) is 5.32 Å². The fourth-order valence-electron chi connectivity index (χ4n) is 1.89. The maximum atomic E-state index is 10.7. The lowest BCUT2D eigenvalue weighted by atomic mass is 10.0. The minimum Gasteiger partial charge on any atom is -0.465 e. The Bertz CT molecular complexity index is 796. The van der Waals surface area contributed by atoms with Crippen molar-refractivity contribution < 1.29 is 9.90 Å². The lowest BCUT2D eigenvalue weighted by Gasteiger charge is -2.09. The van der Waals surface area contributed by atoms with Crippen LogP contribution in [0.2, 0.25) is 0 Å². The highest BCUT2D eigenvalue weighted by Gasteiger charge is 2.08. The molecule has 1 amide bonds. The predicted octanol–water partition coefficient (Wildman–Crippen LogP) is 2.82. The molecular weight excluding hydrogens is 278 g/mol. The molecule has 108 valence electrons. The van der Waals surface area contributed by atoms with Crippen LogP contribution in [0.3, 0.4) is 0 Å². The van der Waals surface area contributed by atoms with Crippen molar-refractivity contribution in [3.8, 4) is 17.9 Å².